The summed E-state index contributed by atoms with van der Waals surface area (Å²) in [5.74, 6) is 2.30. The quantitative estimate of drug-likeness (QED) is 0.856. The molecule has 0 unspecified atom stereocenters. The fraction of sp³-hybridized carbons (Fsp3) is 0.429. The molecule has 5 nitrogen and oxygen atoms in total. The van der Waals surface area contributed by atoms with E-state index in [1.165, 1.54) is 18.4 Å². The first-order chi connectivity index (χ1) is 12.6. The normalized spacial score (nSPS) is 14.9. The molecule has 138 valence electrons. The number of carbonyl (C=O) groups is 1. The third kappa shape index (κ3) is 4.97. The first kappa shape index (κ1) is 18.2. The van der Waals surface area contributed by atoms with Gasteiger partial charge in [-0.1, -0.05) is 26.0 Å². The number of pyridine rings is 1. The average Bonchev–Trinajstić information content (AvgIpc) is 2.68. The van der Waals surface area contributed by atoms with Gasteiger partial charge in [-0.25, -0.2) is 4.98 Å². The van der Waals surface area contributed by atoms with Crippen molar-refractivity contribution in [2.75, 3.05) is 29.9 Å². The molecule has 1 amide bonds. The molecule has 1 aliphatic heterocycles. The molecule has 5 heteroatoms. The van der Waals surface area contributed by atoms with Crippen molar-refractivity contribution in [3.63, 3.8) is 0 Å². The molecule has 1 aromatic carbocycles. The lowest BCUT2D eigenvalue weighted by Crippen LogP contribution is -2.33. The van der Waals surface area contributed by atoms with Crippen LogP contribution < -0.4 is 15.0 Å². The lowest BCUT2D eigenvalue weighted by molar-refractivity contribution is -0.118. The Morgan fingerprint density at radius 1 is 1.27 bits per heavy atom. The molecule has 0 atom stereocenters. The molecule has 0 aliphatic carbocycles. The fourth-order valence-corrected chi connectivity index (χ4v) is 3.09. The monoisotopic (exact) mass is 353 g/mol. The van der Waals surface area contributed by atoms with Gasteiger partial charge >= 0.3 is 0 Å². The second-order valence-corrected chi connectivity index (χ2v) is 6.91. The molecule has 26 heavy (non-hydrogen) atoms. The lowest BCUT2D eigenvalue weighted by atomic mass is 9.99. The molecule has 0 radical (unpaired) electrons. The van der Waals surface area contributed by atoms with Gasteiger partial charge in [0.15, 0.2) is 6.61 Å². The summed E-state index contributed by atoms with van der Waals surface area (Å²) in [6, 6.07) is 11.7. The Labute approximate surface area is 155 Å². The SMILES string of the molecule is CCc1cccc(OCC(=O)Nc2ccc(N3CCC(C)CC3)nc2)c1. The molecule has 0 spiro atoms. The van der Waals surface area contributed by atoms with Crippen molar-refractivity contribution >= 4 is 17.4 Å². The van der Waals surface area contributed by atoms with E-state index in [2.05, 4.69) is 29.0 Å². The Bertz CT molecular complexity index is 722. The standard InChI is InChI=1S/C21H27N3O2/c1-3-17-5-4-6-19(13-17)26-15-21(25)23-18-7-8-20(22-14-18)24-11-9-16(2)10-12-24/h4-8,13-14,16H,3,9-12,15H2,1-2H3,(H,23,25). The highest BCUT2D eigenvalue weighted by molar-refractivity contribution is 5.91. The van der Waals surface area contributed by atoms with Gasteiger partial charge < -0.3 is 15.0 Å². The van der Waals surface area contributed by atoms with Gasteiger partial charge in [-0.15, -0.1) is 0 Å². The number of anilines is 2. The number of carbonyl (C=O) groups excluding carboxylic acids is 1. The summed E-state index contributed by atoms with van der Waals surface area (Å²) in [6.45, 7) is 6.46. The highest BCUT2D eigenvalue weighted by atomic mass is 16.5. The van der Waals surface area contributed by atoms with Crippen LogP contribution in [0.15, 0.2) is 42.6 Å². The van der Waals surface area contributed by atoms with Crippen LogP contribution in [0, 0.1) is 5.92 Å². The van der Waals surface area contributed by atoms with Crippen molar-refractivity contribution in [3.05, 3.63) is 48.2 Å². The molecule has 1 saturated heterocycles. The zero-order chi connectivity index (χ0) is 18.4. The summed E-state index contributed by atoms with van der Waals surface area (Å²) in [4.78, 5) is 18.9. The molecule has 3 rings (SSSR count). The van der Waals surface area contributed by atoms with Crippen molar-refractivity contribution < 1.29 is 9.53 Å². The van der Waals surface area contributed by atoms with E-state index < -0.39 is 0 Å². The van der Waals surface area contributed by atoms with E-state index in [9.17, 15) is 4.79 Å². The Morgan fingerprint density at radius 2 is 2.08 bits per heavy atom. The number of ether oxygens (including phenoxy) is 1. The number of aromatic nitrogens is 1. The van der Waals surface area contributed by atoms with Gasteiger partial charge in [-0.3, -0.25) is 4.79 Å². The largest absolute Gasteiger partial charge is 0.484 e. The van der Waals surface area contributed by atoms with E-state index in [1.54, 1.807) is 6.20 Å². The molecule has 1 fully saturated rings. The molecule has 0 saturated carbocycles. The lowest BCUT2D eigenvalue weighted by Gasteiger charge is -2.31. The van der Waals surface area contributed by atoms with Crippen LogP contribution in [-0.2, 0) is 11.2 Å². The van der Waals surface area contributed by atoms with Crippen LogP contribution in [0.5, 0.6) is 5.75 Å². The topological polar surface area (TPSA) is 54.5 Å². The van der Waals surface area contributed by atoms with E-state index >= 15 is 0 Å². The molecular weight excluding hydrogens is 326 g/mol. The third-order valence-corrected chi connectivity index (χ3v) is 4.82. The van der Waals surface area contributed by atoms with Gasteiger partial charge in [0.25, 0.3) is 5.91 Å². The highest BCUT2D eigenvalue weighted by Crippen LogP contribution is 2.22. The van der Waals surface area contributed by atoms with Gasteiger partial charge in [-0.2, -0.15) is 0 Å². The van der Waals surface area contributed by atoms with Crippen molar-refractivity contribution in [3.8, 4) is 5.75 Å². The molecule has 1 N–H and O–H groups in total. The minimum Gasteiger partial charge on any atom is -0.484 e. The van der Waals surface area contributed by atoms with Crippen LogP contribution in [0.1, 0.15) is 32.3 Å². The van der Waals surface area contributed by atoms with Gasteiger partial charge in [0, 0.05) is 13.1 Å². The zero-order valence-electron chi connectivity index (χ0n) is 15.6. The average molecular weight is 353 g/mol. The van der Waals surface area contributed by atoms with Gasteiger partial charge in [0.1, 0.15) is 11.6 Å². The number of piperidine rings is 1. The predicted octanol–water partition coefficient (Wildman–Crippen LogP) is 3.90. The van der Waals surface area contributed by atoms with Crippen LogP contribution in [0.3, 0.4) is 0 Å². The van der Waals surface area contributed by atoms with E-state index in [0.717, 1.165) is 31.2 Å². The predicted molar refractivity (Wildman–Crippen MR) is 105 cm³/mol. The second-order valence-electron chi connectivity index (χ2n) is 6.91. The minimum atomic E-state index is -0.187. The number of aryl methyl sites for hydroxylation is 1. The minimum absolute atomic E-state index is 0.0149. The number of nitrogens with zero attached hydrogens (tertiary/aromatic N) is 2. The third-order valence-electron chi connectivity index (χ3n) is 4.82. The van der Waals surface area contributed by atoms with Crippen LogP contribution in [-0.4, -0.2) is 30.6 Å². The van der Waals surface area contributed by atoms with E-state index in [4.69, 9.17) is 4.74 Å². The Morgan fingerprint density at radius 3 is 2.77 bits per heavy atom. The molecule has 2 aromatic rings. The van der Waals surface area contributed by atoms with Crippen molar-refractivity contribution in [2.45, 2.75) is 33.1 Å². The summed E-state index contributed by atoms with van der Waals surface area (Å²) in [5, 5.41) is 2.83. The number of nitrogens with one attached hydrogen (secondary N) is 1. The Balaban J connectivity index is 1.49. The van der Waals surface area contributed by atoms with E-state index in [1.807, 2.05) is 36.4 Å². The number of hydrogen-bond donors (Lipinski definition) is 1. The molecule has 2 heterocycles. The van der Waals surface area contributed by atoms with Crippen molar-refractivity contribution in [1.82, 2.24) is 4.98 Å². The maximum atomic E-state index is 12.1. The Hall–Kier alpha value is -2.56. The molecule has 1 aliphatic rings. The summed E-state index contributed by atoms with van der Waals surface area (Å²) in [6.07, 6.45) is 5.06. The summed E-state index contributed by atoms with van der Waals surface area (Å²) in [7, 11) is 0. The second kappa shape index (κ2) is 8.70. The van der Waals surface area contributed by atoms with Crippen LogP contribution in [0.25, 0.3) is 0 Å². The van der Waals surface area contributed by atoms with E-state index in [-0.39, 0.29) is 12.5 Å². The van der Waals surface area contributed by atoms with Crippen molar-refractivity contribution in [1.29, 1.82) is 0 Å². The number of hydrogen-bond acceptors (Lipinski definition) is 4. The highest BCUT2D eigenvalue weighted by Gasteiger charge is 2.16. The van der Waals surface area contributed by atoms with E-state index in [0.29, 0.717) is 11.4 Å². The van der Waals surface area contributed by atoms with Crippen LogP contribution in [0.4, 0.5) is 11.5 Å². The van der Waals surface area contributed by atoms with Gasteiger partial charge in [-0.05, 0) is 55.0 Å². The number of rotatable bonds is 6. The number of amides is 1. The molecule has 1 aromatic heterocycles. The molecular formula is C21H27N3O2. The summed E-state index contributed by atoms with van der Waals surface area (Å²) >= 11 is 0. The van der Waals surface area contributed by atoms with Crippen LogP contribution >= 0.6 is 0 Å². The number of benzene rings is 1. The maximum absolute atomic E-state index is 12.1. The van der Waals surface area contributed by atoms with Crippen molar-refractivity contribution in [2.24, 2.45) is 5.92 Å². The van der Waals surface area contributed by atoms with Gasteiger partial charge in [0.05, 0.1) is 11.9 Å². The Kier molecular flexibility index (Phi) is 6.10. The zero-order valence-corrected chi connectivity index (χ0v) is 15.6. The smallest absolute Gasteiger partial charge is 0.262 e. The fourth-order valence-electron chi connectivity index (χ4n) is 3.09. The maximum Gasteiger partial charge on any atom is 0.262 e. The summed E-state index contributed by atoms with van der Waals surface area (Å²) in [5.41, 5.74) is 1.88. The van der Waals surface area contributed by atoms with Gasteiger partial charge in [0.2, 0.25) is 0 Å². The summed E-state index contributed by atoms with van der Waals surface area (Å²) < 4.78 is 5.57. The first-order valence-electron chi connectivity index (χ1n) is 9.36. The molecule has 0 bridgehead atoms. The van der Waals surface area contributed by atoms with Crippen LogP contribution in [0.2, 0.25) is 0 Å². The first-order valence-corrected chi connectivity index (χ1v) is 9.36.